The van der Waals surface area contributed by atoms with Crippen molar-refractivity contribution < 1.29 is 29.3 Å². The van der Waals surface area contributed by atoms with Gasteiger partial charge in [-0.25, -0.2) is 9.59 Å². The summed E-state index contributed by atoms with van der Waals surface area (Å²) in [5, 5.41) is 16.3. The number of carbonyl (C=O) groups is 2. The summed E-state index contributed by atoms with van der Waals surface area (Å²) in [6, 6.07) is 0. The maximum absolute atomic E-state index is 10.1. The van der Waals surface area contributed by atoms with Crippen molar-refractivity contribution in [3.05, 3.63) is 0 Å². The molecule has 6 nitrogen and oxygen atoms in total. The Morgan fingerprint density at radius 2 is 2.00 bits per heavy atom. The standard InChI is InChI=1S/C5H8O6/c1-10-5(4(8)9)11-2-3(6)7/h5H,2H2,1H3,(H,6,7)(H,8,9)/t5-/m1/s1. The molecule has 0 unspecified atom stereocenters. The lowest BCUT2D eigenvalue weighted by atomic mass is 10.6. The van der Waals surface area contributed by atoms with E-state index in [4.69, 9.17) is 10.2 Å². The molecule has 64 valence electrons. The SMILES string of the molecule is CO[C@H](OCC(=O)O)C(=O)O. The lowest BCUT2D eigenvalue weighted by molar-refractivity contribution is -0.187. The number of carboxylic acids is 2. The van der Waals surface area contributed by atoms with E-state index in [1.807, 2.05) is 0 Å². The first kappa shape index (κ1) is 9.86. The summed E-state index contributed by atoms with van der Waals surface area (Å²) in [6.45, 7) is -0.690. The molecule has 0 aliphatic rings. The van der Waals surface area contributed by atoms with Crippen molar-refractivity contribution >= 4 is 11.9 Å². The van der Waals surface area contributed by atoms with Crippen molar-refractivity contribution in [2.75, 3.05) is 13.7 Å². The Balaban J connectivity index is 3.70. The smallest absolute Gasteiger partial charge is 0.361 e. The maximum atomic E-state index is 10.1. The molecule has 0 aromatic heterocycles. The summed E-state index contributed by atoms with van der Waals surface area (Å²) < 4.78 is 8.57. The first-order valence-electron chi connectivity index (χ1n) is 2.67. The normalized spacial score (nSPS) is 12.5. The Morgan fingerprint density at radius 1 is 1.45 bits per heavy atom. The summed E-state index contributed by atoms with van der Waals surface area (Å²) in [5.74, 6) is -2.60. The van der Waals surface area contributed by atoms with Gasteiger partial charge in [0.1, 0.15) is 6.61 Å². The first-order chi connectivity index (χ1) is 5.07. The molecule has 1 atom stereocenters. The van der Waals surface area contributed by atoms with Crippen LogP contribution >= 0.6 is 0 Å². The van der Waals surface area contributed by atoms with Gasteiger partial charge in [0.05, 0.1) is 0 Å². The predicted octanol–water partition coefficient (Wildman–Crippen LogP) is -0.855. The monoisotopic (exact) mass is 164 g/mol. The fourth-order valence-corrected chi connectivity index (χ4v) is 0.387. The molecule has 0 saturated heterocycles. The molecule has 0 spiro atoms. The fourth-order valence-electron chi connectivity index (χ4n) is 0.387. The summed E-state index contributed by atoms with van der Waals surface area (Å²) in [4.78, 5) is 20.0. The molecule has 11 heavy (non-hydrogen) atoms. The zero-order chi connectivity index (χ0) is 8.85. The number of aliphatic carboxylic acids is 2. The molecular formula is C5H8O6. The van der Waals surface area contributed by atoms with E-state index < -0.39 is 24.8 Å². The van der Waals surface area contributed by atoms with Gasteiger partial charge in [0, 0.05) is 7.11 Å². The van der Waals surface area contributed by atoms with Crippen LogP contribution in [-0.2, 0) is 19.1 Å². The average Bonchev–Trinajstić information content (AvgIpc) is 1.87. The van der Waals surface area contributed by atoms with Crippen LogP contribution in [0.2, 0.25) is 0 Å². The highest BCUT2D eigenvalue weighted by atomic mass is 16.7. The Morgan fingerprint density at radius 3 is 2.27 bits per heavy atom. The predicted molar refractivity (Wildman–Crippen MR) is 32.0 cm³/mol. The van der Waals surface area contributed by atoms with Gasteiger partial charge >= 0.3 is 11.9 Å². The van der Waals surface area contributed by atoms with Gasteiger partial charge < -0.3 is 19.7 Å². The second-order valence-corrected chi connectivity index (χ2v) is 1.61. The maximum Gasteiger partial charge on any atom is 0.361 e. The van der Waals surface area contributed by atoms with Gasteiger partial charge in [0.25, 0.3) is 6.29 Å². The number of methoxy groups -OCH3 is 1. The van der Waals surface area contributed by atoms with Crippen LogP contribution < -0.4 is 0 Å². The third-order valence-corrected chi connectivity index (χ3v) is 0.774. The Bertz CT molecular complexity index is 153. The van der Waals surface area contributed by atoms with Gasteiger partial charge in [-0.15, -0.1) is 0 Å². The van der Waals surface area contributed by atoms with Crippen LogP contribution in [-0.4, -0.2) is 42.2 Å². The largest absolute Gasteiger partial charge is 0.480 e. The third kappa shape index (κ3) is 4.29. The van der Waals surface area contributed by atoms with E-state index in [9.17, 15) is 9.59 Å². The Labute approximate surface area is 62.3 Å². The Kier molecular flexibility index (Phi) is 4.16. The van der Waals surface area contributed by atoms with Crippen molar-refractivity contribution in [1.82, 2.24) is 0 Å². The van der Waals surface area contributed by atoms with Crippen LogP contribution in [0.4, 0.5) is 0 Å². The second kappa shape index (κ2) is 4.64. The highest BCUT2D eigenvalue weighted by Gasteiger charge is 2.17. The van der Waals surface area contributed by atoms with E-state index in [0.717, 1.165) is 7.11 Å². The van der Waals surface area contributed by atoms with Crippen LogP contribution in [0.5, 0.6) is 0 Å². The first-order valence-corrected chi connectivity index (χ1v) is 2.67. The van der Waals surface area contributed by atoms with Crippen LogP contribution in [0, 0.1) is 0 Å². The topological polar surface area (TPSA) is 93.1 Å². The fraction of sp³-hybridized carbons (Fsp3) is 0.600. The molecule has 0 radical (unpaired) electrons. The summed E-state index contributed by atoms with van der Waals surface area (Å²) in [6.07, 6.45) is -1.51. The molecule has 2 N–H and O–H groups in total. The van der Waals surface area contributed by atoms with Crippen LogP contribution in [0.25, 0.3) is 0 Å². The van der Waals surface area contributed by atoms with Gasteiger partial charge in [-0.05, 0) is 0 Å². The Hall–Kier alpha value is -1.14. The van der Waals surface area contributed by atoms with E-state index in [1.54, 1.807) is 0 Å². The van der Waals surface area contributed by atoms with E-state index in [1.165, 1.54) is 0 Å². The summed E-state index contributed by atoms with van der Waals surface area (Å²) >= 11 is 0. The van der Waals surface area contributed by atoms with Crippen molar-refractivity contribution in [1.29, 1.82) is 0 Å². The van der Waals surface area contributed by atoms with Crippen molar-refractivity contribution in [3.8, 4) is 0 Å². The highest BCUT2D eigenvalue weighted by Crippen LogP contribution is 1.91. The van der Waals surface area contributed by atoms with Crippen LogP contribution in [0.15, 0.2) is 0 Å². The number of hydrogen-bond acceptors (Lipinski definition) is 4. The minimum atomic E-state index is -1.51. The minimum absolute atomic E-state index is 0.690. The number of ether oxygens (including phenoxy) is 2. The van der Waals surface area contributed by atoms with Crippen LogP contribution in [0.1, 0.15) is 0 Å². The van der Waals surface area contributed by atoms with Gasteiger partial charge in [0.15, 0.2) is 0 Å². The van der Waals surface area contributed by atoms with Crippen molar-refractivity contribution in [2.24, 2.45) is 0 Å². The second-order valence-electron chi connectivity index (χ2n) is 1.61. The quantitative estimate of drug-likeness (QED) is 0.514. The zero-order valence-corrected chi connectivity index (χ0v) is 5.81. The molecule has 0 aromatic carbocycles. The highest BCUT2D eigenvalue weighted by molar-refractivity contribution is 5.72. The molecule has 0 fully saturated rings. The molecule has 0 aliphatic heterocycles. The molecular weight excluding hydrogens is 156 g/mol. The lowest BCUT2D eigenvalue weighted by Crippen LogP contribution is -2.28. The van der Waals surface area contributed by atoms with E-state index in [0.29, 0.717) is 0 Å². The average molecular weight is 164 g/mol. The van der Waals surface area contributed by atoms with Gasteiger partial charge in [0.2, 0.25) is 0 Å². The third-order valence-electron chi connectivity index (χ3n) is 0.774. The molecule has 0 heterocycles. The lowest BCUT2D eigenvalue weighted by Gasteiger charge is -2.08. The minimum Gasteiger partial charge on any atom is -0.480 e. The summed E-state index contributed by atoms with van der Waals surface area (Å²) in [7, 11) is 1.11. The van der Waals surface area contributed by atoms with E-state index >= 15 is 0 Å². The summed E-state index contributed by atoms with van der Waals surface area (Å²) in [5.41, 5.74) is 0. The van der Waals surface area contributed by atoms with Crippen molar-refractivity contribution in [3.63, 3.8) is 0 Å². The van der Waals surface area contributed by atoms with Crippen molar-refractivity contribution in [2.45, 2.75) is 6.29 Å². The molecule has 0 amide bonds. The molecule has 0 rings (SSSR count). The van der Waals surface area contributed by atoms with E-state index in [2.05, 4.69) is 9.47 Å². The number of carboxylic acid groups (broad SMARTS) is 2. The molecule has 0 bridgehead atoms. The van der Waals surface area contributed by atoms with Gasteiger partial charge in [-0.3, -0.25) is 0 Å². The number of rotatable bonds is 5. The molecule has 6 heteroatoms. The molecule has 0 aromatic rings. The van der Waals surface area contributed by atoms with Crippen LogP contribution in [0.3, 0.4) is 0 Å². The molecule has 0 aliphatic carbocycles. The zero-order valence-electron chi connectivity index (χ0n) is 5.81. The van der Waals surface area contributed by atoms with E-state index in [-0.39, 0.29) is 0 Å². The van der Waals surface area contributed by atoms with Gasteiger partial charge in [-0.1, -0.05) is 0 Å². The number of hydrogen-bond donors (Lipinski definition) is 2. The van der Waals surface area contributed by atoms with Gasteiger partial charge in [-0.2, -0.15) is 0 Å². The molecule has 0 saturated carbocycles.